The fraction of sp³-hybridized carbons (Fsp3) is 0.143. The van der Waals surface area contributed by atoms with Gasteiger partial charge in [0.05, 0.1) is 6.04 Å². The molecule has 0 spiro atoms. The quantitative estimate of drug-likeness (QED) is 0.657. The van der Waals surface area contributed by atoms with Crippen molar-refractivity contribution < 1.29 is 4.79 Å². The molecule has 0 bridgehead atoms. The van der Waals surface area contributed by atoms with Gasteiger partial charge in [-0.15, -0.1) is 0 Å². The monoisotopic (exact) mass is 365 g/mol. The van der Waals surface area contributed by atoms with Crippen molar-refractivity contribution in [1.29, 1.82) is 0 Å². The number of anilines is 1. The number of aromatic nitrogens is 1. The van der Waals surface area contributed by atoms with Gasteiger partial charge in [-0.3, -0.25) is 4.79 Å². The Morgan fingerprint density at radius 3 is 2.54 bits per heavy atom. The van der Waals surface area contributed by atoms with Crippen molar-refractivity contribution in [2.75, 3.05) is 5.32 Å². The number of hydrogen-bond acceptors (Lipinski definition) is 3. The highest BCUT2D eigenvalue weighted by atomic mass is 35.5. The lowest BCUT2D eigenvalue weighted by molar-refractivity contribution is 0.0940. The predicted molar refractivity (Wildman–Crippen MR) is 105 cm³/mol. The van der Waals surface area contributed by atoms with E-state index in [1.165, 1.54) is 0 Å². The number of carbonyl (C=O) groups is 1. The van der Waals surface area contributed by atoms with Crippen molar-refractivity contribution in [3.8, 4) is 0 Å². The van der Waals surface area contributed by atoms with E-state index < -0.39 is 0 Å². The zero-order valence-electron chi connectivity index (χ0n) is 14.4. The molecule has 3 aromatic rings. The molecule has 1 aromatic heterocycles. The van der Waals surface area contributed by atoms with Crippen LogP contribution in [0.1, 0.15) is 34.5 Å². The van der Waals surface area contributed by atoms with E-state index in [2.05, 4.69) is 15.6 Å². The number of carbonyl (C=O) groups excluding carboxylic acids is 1. The number of benzene rings is 2. The lowest BCUT2D eigenvalue weighted by Crippen LogP contribution is -2.26. The van der Waals surface area contributed by atoms with E-state index in [-0.39, 0.29) is 11.9 Å². The van der Waals surface area contributed by atoms with Gasteiger partial charge in [0, 0.05) is 23.3 Å². The first kappa shape index (κ1) is 18.0. The molecule has 1 unspecified atom stereocenters. The summed E-state index contributed by atoms with van der Waals surface area (Å²) in [5.74, 6) is 0.526. The smallest absolute Gasteiger partial charge is 0.251 e. The van der Waals surface area contributed by atoms with E-state index >= 15 is 0 Å². The van der Waals surface area contributed by atoms with Gasteiger partial charge in [0.1, 0.15) is 5.82 Å². The van der Waals surface area contributed by atoms with E-state index in [1.54, 1.807) is 18.3 Å². The van der Waals surface area contributed by atoms with Gasteiger partial charge in [0.2, 0.25) is 0 Å². The van der Waals surface area contributed by atoms with Crippen LogP contribution in [0.25, 0.3) is 0 Å². The normalized spacial score (nSPS) is 11.6. The summed E-state index contributed by atoms with van der Waals surface area (Å²) in [5.41, 5.74) is 2.72. The van der Waals surface area contributed by atoms with Crippen LogP contribution in [-0.2, 0) is 6.54 Å². The summed E-state index contributed by atoms with van der Waals surface area (Å²) in [5, 5.41) is 6.94. The second kappa shape index (κ2) is 8.50. The summed E-state index contributed by atoms with van der Waals surface area (Å²) in [6.45, 7) is 2.57. The molecular formula is C21H20ClN3O. The Morgan fingerprint density at radius 2 is 1.81 bits per heavy atom. The number of amides is 1. The molecule has 2 aromatic carbocycles. The molecule has 1 atom stereocenters. The third kappa shape index (κ3) is 4.83. The first-order chi connectivity index (χ1) is 12.6. The number of hydrogen-bond donors (Lipinski definition) is 2. The molecule has 5 heteroatoms. The van der Waals surface area contributed by atoms with Crippen molar-refractivity contribution in [2.24, 2.45) is 0 Å². The summed E-state index contributed by atoms with van der Waals surface area (Å²) >= 11 is 5.89. The summed E-state index contributed by atoms with van der Waals surface area (Å²) in [6.07, 6.45) is 1.63. The zero-order valence-corrected chi connectivity index (χ0v) is 15.2. The van der Waals surface area contributed by atoms with Crippen molar-refractivity contribution >= 4 is 23.3 Å². The minimum atomic E-state index is -0.127. The summed E-state index contributed by atoms with van der Waals surface area (Å²) in [6, 6.07) is 20.9. The Hall–Kier alpha value is -2.85. The maximum absolute atomic E-state index is 12.5. The van der Waals surface area contributed by atoms with Crippen LogP contribution in [0, 0.1) is 0 Å². The molecule has 0 aliphatic heterocycles. The Balaban J connectivity index is 1.62. The van der Waals surface area contributed by atoms with E-state index in [1.807, 2.05) is 61.5 Å². The van der Waals surface area contributed by atoms with Crippen LogP contribution in [0.4, 0.5) is 5.82 Å². The number of nitrogens with zero attached hydrogens (tertiary/aromatic N) is 1. The molecule has 1 amide bonds. The number of nitrogens with one attached hydrogen (secondary N) is 2. The van der Waals surface area contributed by atoms with Gasteiger partial charge in [-0.2, -0.15) is 0 Å². The predicted octanol–water partition coefficient (Wildman–Crippen LogP) is 4.84. The second-order valence-electron chi connectivity index (χ2n) is 6.02. The molecule has 0 saturated heterocycles. The van der Waals surface area contributed by atoms with Crippen molar-refractivity contribution in [2.45, 2.75) is 19.5 Å². The summed E-state index contributed by atoms with van der Waals surface area (Å²) in [7, 11) is 0. The van der Waals surface area contributed by atoms with Gasteiger partial charge in [0.25, 0.3) is 5.91 Å². The molecule has 0 saturated carbocycles. The minimum absolute atomic E-state index is 0.0673. The highest BCUT2D eigenvalue weighted by Crippen LogP contribution is 2.15. The average Bonchev–Trinajstić information content (AvgIpc) is 2.68. The lowest BCUT2D eigenvalue weighted by atomic mass is 10.1. The fourth-order valence-corrected chi connectivity index (χ4v) is 2.69. The van der Waals surface area contributed by atoms with Gasteiger partial charge in [-0.25, -0.2) is 4.98 Å². The molecule has 1 heterocycles. The van der Waals surface area contributed by atoms with E-state index in [0.717, 1.165) is 11.1 Å². The molecule has 0 aliphatic carbocycles. The van der Waals surface area contributed by atoms with Gasteiger partial charge in [-0.1, -0.05) is 54.1 Å². The SMILES string of the molecule is CC(NC(=O)c1ccnc(NCc2ccc(Cl)cc2)c1)c1ccccc1. The van der Waals surface area contributed by atoms with Crippen molar-refractivity contribution in [3.05, 3.63) is 94.6 Å². The van der Waals surface area contributed by atoms with Gasteiger partial charge >= 0.3 is 0 Å². The third-order valence-electron chi connectivity index (χ3n) is 4.06. The van der Waals surface area contributed by atoms with Crippen LogP contribution >= 0.6 is 11.6 Å². The standard InChI is InChI=1S/C21H20ClN3O/c1-15(17-5-3-2-4-6-17)25-21(26)18-11-12-23-20(13-18)24-14-16-7-9-19(22)10-8-16/h2-13,15H,14H2,1H3,(H,23,24)(H,25,26). The molecule has 0 fully saturated rings. The Labute approximate surface area is 158 Å². The van der Waals surface area contributed by atoms with Crippen LogP contribution < -0.4 is 10.6 Å². The van der Waals surface area contributed by atoms with Gasteiger partial charge < -0.3 is 10.6 Å². The molecule has 26 heavy (non-hydrogen) atoms. The highest BCUT2D eigenvalue weighted by Gasteiger charge is 2.12. The third-order valence-corrected chi connectivity index (χ3v) is 4.31. The molecule has 132 valence electrons. The van der Waals surface area contributed by atoms with Crippen molar-refractivity contribution in [1.82, 2.24) is 10.3 Å². The molecule has 0 aliphatic rings. The average molecular weight is 366 g/mol. The van der Waals surface area contributed by atoms with Crippen LogP contribution in [-0.4, -0.2) is 10.9 Å². The maximum Gasteiger partial charge on any atom is 0.251 e. The van der Waals surface area contributed by atoms with Crippen molar-refractivity contribution in [3.63, 3.8) is 0 Å². The van der Waals surface area contributed by atoms with Crippen LogP contribution in [0.5, 0.6) is 0 Å². The summed E-state index contributed by atoms with van der Waals surface area (Å²) in [4.78, 5) is 16.8. The largest absolute Gasteiger partial charge is 0.366 e. The number of pyridine rings is 1. The molecule has 3 rings (SSSR count). The number of halogens is 1. The Morgan fingerprint density at radius 1 is 1.08 bits per heavy atom. The number of rotatable bonds is 6. The zero-order chi connectivity index (χ0) is 18.4. The van der Waals surface area contributed by atoms with Gasteiger partial charge in [-0.05, 0) is 42.3 Å². The van der Waals surface area contributed by atoms with Crippen LogP contribution in [0.2, 0.25) is 5.02 Å². The Bertz CT molecular complexity index is 866. The van der Waals surface area contributed by atoms with Gasteiger partial charge in [0.15, 0.2) is 0 Å². The lowest BCUT2D eigenvalue weighted by Gasteiger charge is -2.14. The topological polar surface area (TPSA) is 54.0 Å². The second-order valence-corrected chi connectivity index (χ2v) is 6.45. The van der Waals surface area contributed by atoms with E-state index in [0.29, 0.717) is 22.9 Å². The molecule has 4 nitrogen and oxygen atoms in total. The first-order valence-corrected chi connectivity index (χ1v) is 8.80. The molecular weight excluding hydrogens is 346 g/mol. The molecule has 2 N–H and O–H groups in total. The first-order valence-electron chi connectivity index (χ1n) is 8.42. The minimum Gasteiger partial charge on any atom is -0.366 e. The van der Waals surface area contributed by atoms with Crippen LogP contribution in [0.3, 0.4) is 0 Å². The summed E-state index contributed by atoms with van der Waals surface area (Å²) < 4.78 is 0. The fourth-order valence-electron chi connectivity index (χ4n) is 2.57. The van der Waals surface area contributed by atoms with Crippen LogP contribution in [0.15, 0.2) is 72.9 Å². The maximum atomic E-state index is 12.5. The molecule has 0 radical (unpaired) electrons. The highest BCUT2D eigenvalue weighted by molar-refractivity contribution is 6.30. The Kier molecular flexibility index (Phi) is 5.87. The van der Waals surface area contributed by atoms with E-state index in [9.17, 15) is 4.79 Å². The van der Waals surface area contributed by atoms with E-state index in [4.69, 9.17) is 11.6 Å².